The van der Waals surface area contributed by atoms with Crippen molar-refractivity contribution < 1.29 is 21.6 Å². The molecule has 32 heavy (non-hydrogen) atoms. The van der Waals surface area contributed by atoms with Gasteiger partial charge in [-0.25, -0.2) is 16.8 Å². The number of hydrogen-bond donors (Lipinski definition) is 1. The van der Waals surface area contributed by atoms with Gasteiger partial charge in [-0.3, -0.25) is 9.03 Å². The van der Waals surface area contributed by atoms with Crippen LogP contribution in [0.3, 0.4) is 0 Å². The van der Waals surface area contributed by atoms with Crippen LogP contribution >= 0.6 is 0 Å². The summed E-state index contributed by atoms with van der Waals surface area (Å²) in [6.07, 6.45) is 1.77. The van der Waals surface area contributed by atoms with Crippen LogP contribution in [-0.4, -0.2) is 41.8 Å². The van der Waals surface area contributed by atoms with Gasteiger partial charge in [0.1, 0.15) is 0 Å². The number of hydrogen-bond acceptors (Lipinski definition) is 5. The van der Waals surface area contributed by atoms with Gasteiger partial charge in [-0.15, -0.1) is 0 Å². The van der Waals surface area contributed by atoms with Crippen LogP contribution in [0.4, 0.5) is 11.4 Å². The SMILES string of the molecule is CCc1ccc(N(CC(C)C)S(=O)(=O)c2ccc(NS(=O)(=O)C3CCOCC3)cc2)cc1. The van der Waals surface area contributed by atoms with Crippen molar-refractivity contribution in [1.29, 1.82) is 0 Å². The zero-order chi connectivity index (χ0) is 23.4. The number of anilines is 2. The molecule has 0 amide bonds. The average molecular weight is 481 g/mol. The van der Waals surface area contributed by atoms with E-state index >= 15 is 0 Å². The van der Waals surface area contributed by atoms with Crippen molar-refractivity contribution in [2.75, 3.05) is 28.8 Å². The van der Waals surface area contributed by atoms with Gasteiger partial charge in [0.05, 0.1) is 15.8 Å². The number of nitrogens with one attached hydrogen (secondary N) is 1. The van der Waals surface area contributed by atoms with Gasteiger partial charge in [0.2, 0.25) is 10.0 Å². The molecule has 0 aliphatic carbocycles. The second-order valence-electron chi connectivity index (χ2n) is 8.43. The summed E-state index contributed by atoms with van der Waals surface area (Å²) in [5, 5.41) is -0.507. The second-order valence-corrected chi connectivity index (χ2v) is 12.3. The van der Waals surface area contributed by atoms with Crippen molar-refractivity contribution in [3.05, 3.63) is 54.1 Å². The van der Waals surface area contributed by atoms with Gasteiger partial charge in [0.25, 0.3) is 10.0 Å². The van der Waals surface area contributed by atoms with Crippen LogP contribution in [0, 0.1) is 5.92 Å². The first-order valence-electron chi connectivity index (χ1n) is 10.9. The molecule has 2 aromatic carbocycles. The highest BCUT2D eigenvalue weighted by atomic mass is 32.2. The van der Waals surface area contributed by atoms with E-state index in [2.05, 4.69) is 11.6 Å². The van der Waals surface area contributed by atoms with Crippen LogP contribution in [0.1, 0.15) is 39.2 Å². The summed E-state index contributed by atoms with van der Waals surface area (Å²) in [6.45, 7) is 7.18. The zero-order valence-electron chi connectivity index (χ0n) is 18.8. The Morgan fingerprint density at radius 2 is 1.56 bits per heavy atom. The molecule has 1 aliphatic rings. The molecule has 0 saturated carbocycles. The van der Waals surface area contributed by atoms with E-state index in [-0.39, 0.29) is 10.8 Å². The summed E-state index contributed by atoms with van der Waals surface area (Å²) >= 11 is 0. The third-order valence-electron chi connectivity index (χ3n) is 5.47. The summed E-state index contributed by atoms with van der Waals surface area (Å²) in [5.41, 5.74) is 2.09. The van der Waals surface area contributed by atoms with Gasteiger partial charge in [0, 0.05) is 25.4 Å². The minimum atomic E-state index is -3.81. The molecule has 9 heteroatoms. The minimum Gasteiger partial charge on any atom is -0.381 e. The van der Waals surface area contributed by atoms with Crippen LogP contribution < -0.4 is 9.03 Å². The lowest BCUT2D eigenvalue weighted by atomic mass is 10.1. The van der Waals surface area contributed by atoms with Crippen LogP contribution in [0.15, 0.2) is 53.4 Å². The Morgan fingerprint density at radius 3 is 2.09 bits per heavy atom. The lowest BCUT2D eigenvalue weighted by Crippen LogP contribution is -2.34. The third kappa shape index (κ3) is 5.82. The molecule has 0 aromatic heterocycles. The van der Waals surface area contributed by atoms with Crippen LogP contribution in [-0.2, 0) is 31.2 Å². The molecule has 0 radical (unpaired) electrons. The molecule has 0 unspecified atom stereocenters. The summed E-state index contributed by atoms with van der Waals surface area (Å²) in [4.78, 5) is 0.117. The number of nitrogens with zero attached hydrogens (tertiary/aromatic N) is 1. The normalized spacial score (nSPS) is 15.6. The summed E-state index contributed by atoms with van der Waals surface area (Å²) in [5.74, 6) is 0.126. The van der Waals surface area contributed by atoms with Crippen LogP contribution in [0.2, 0.25) is 0 Å². The van der Waals surface area contributed by atoms with Crippen molar-refractivity contribution in [3.8, 4) is 0 Å². The van der Waals surface area contributed by atoms with E-state index < -0.39 is 25.3 Å². The molecule has 0 atom stereocenters. The topological polar surface area (TPSA) is 92.8 Å². The van der Waals surface area contributed by atoms with E-state index in [9.17, 15) is 16.8 Å². The molecule has 7 nitrogen and oxygen atoms in total. The lowest BCUT2D eigenvalue weighted by Gasteiger charge is -2.26. The molecule has 3 rings (SSSR count). The lowest BCUT2D eigenvalue weighted by molar-refractivity contribution is 0.0984. The number of sulfonamides is 2. The Labute approximate surface area is 191 Å². The Morgan fingerprint density at radius 1 is 0.969 bits per heavy atom. The largest absolute Gasteiger partial charge is 0.381 e. The Hall–Kier alpha value is -2.10. The van der Waals surface area contributed by atoms with E-state index in [0.717, 1.165) is 12.0 Å². The van der Waals surface area contributed by atoms with Crippen molar-refractivity contribution in [1.82, 2.24) is 0 Å². The summed E-state index contributed by atoms with van der Waals surface area (Å²) < 4.78 is 61.3. The molecular weight excluding hydrogens is 448 g/mol. The maximum atomic E-state index is 13.4. The molecule has 1 fully saturated rings. The van der Waals surface area contributed by atoms with E-state index in [1.54, 1.807) is 0 Å². The second kappa shape index (κ2) is 10.2. The number of aryl methyl sites for hydroxylation is 1. The maximum absolute atomic E-state index is 13.4. The molecule has 176 valence electrons. The van der Waals surface area contributed by atoms with E-state index in [0.29, 0.717) is 44.0 Å². The van der Waals surface area contributed by atoms with Crippen molar-refractivity contribution >= 4 is 31.4 Å². The molecule has 1 heterocycles. The van der Waals surface area contributed by atoms with Crippen molar-refractivity contribution in [2.24, 2.45) is 5.92 Å². The third-order valence-corrected chi connectivity index (χ3v) is 9.15. The highest BCUT2D eigenvalue weighted by Gasteiger charge is 2.29. The van der Waals surface area contributed by atoms with E-state index in [1.807, 2.05) is 38.1 Å². The molecular formula is C23H32N2O5S2. The van der Waals surface area contributed by atoms with Gasteiger partial charge in [-0.05, 0) is 67.1 Å². The maximum Gasteiger partial charge on any atom is 0.264 e. The fourth-order valence-electron chi connectivity index (χ4n) is 3.63. The molecule has 0 spiro atoms. The molecule has 2 aromatic rings. The highest BCUT2D eigenvalue weighted by molar-refractivity contribution is 7.93. The first kappa shape index (κ1) is 24.5. The number of benzene rings is 2. The number of rotatable bonds is 9. The predicted molar refractivity (Wildman–Crippen MR) is 128 cm³/mol. The summed E-state index contributed by atoms with van der Waals surface area (Å²) in [6, 6.07) is 13.4. The quantitative estimate of drug-likeness (QED) is 0.585. The fourth-order valence-corrected chi connectivity index (χ4v) is 6.70. The standard InChI is InChI=1S/C23H32N2O5S2/c1-4-19-5-9-21(10-6-19)25(17-18(2)3)32(28,29)23-11-7-20(8-12-23)24-31(26,27)22-13-15-30-16-14-22/h5-12,18,22,24H,4,13-17H2,1-3H3. The monoisotopic (exact) mass is 480 g/mol. The molecule has 0 bridgehead atoms. The first-order chi connectivity index (χ1) is 15.1. The van der Waals surface area contributed by atoms with Gasteiger partial charge in [-0.2, -0.15) is 0 Å². The highest BCUT2D eigenvalue weighted by Crippen LogP contribution is 2.27. The molecule has 1 N–H and O–H groups in total. The Balaban J connectivity index is 1.84. The molecule has 1 saturated heterocycles. The smallest absolute Gasteiger partial charge is 0.264 e. The van der Waals surface area contributed by atoms with Crippen LogP contribution in [0.25, 0.3) is 0 Å². The predicted octanol–water partition coefficient (Wildman–Crippen LogP) is 4.02. The van der Waals surface area contributed by atoms with Gasteiger partial charge < -0.3 is 4.74 Å². The first-order valence-corrected chi connectivity index (χ1v) is 13.9. The zero-order valence-corrected chi connectivity index (χ0v) is 20.5. The van der Waals surface area contributed by atoms with E-state index in [1.165, 1.54) is 28.6 Å². The van der Waals surface area contributed by atoms with Crippen molar-refractivity contribution in [2.45, 2.75) is 50.2 Å². The Bertz CT molecular complexity index is 1090. The minimum absolute atomic E-state index is 0.117. The van der Waals surface area contributed by atoms with Gasteiger partial charge in [0.15, 0.2) is 0 Å². The summed E-state index contributed by atoms with van der Waals surface area (Å²) in [7, 11) is -7.37. The number of ether oxygens (including phenoxy) is 1. The Kier molecular flexibility index (Phi) is 7.84. The van der Waals surface area contributed by atoms with Gasteiger partial charge in [-0.1, -0.05) is 32.9 Å². The average Bonchev–Trinajstić information content (AvgIpc) is 2.78. The van der Waals surface area contributed by atoms with Crippen LogP contribution in [0.5, 0.6) is 0 Å². The van der Waals surface area contributed by atoms with E-state index in [4.69, 9.17) is 4.74 Å². The van der Waals surface area contributed by atoms with Gasteiger partial charge >= 0.3 is 0 Å². The molecule has 1 aliphatic heterocycles. The van der Waals surface area contributed by atoms with Crippen molar-refractivity contribution in [3.63, 3.8) is 0 Å². The fraction of sp³-hybridized carbons (Fsp3) is 0.478.